The highest BCUT2D eigenvalue weighted by Crippen LogP contribution is 2.48. The van der Waals surface area contributed by atoms with E-state index in [9.17, 15) is 27.9 Å². The summed E-state index contributed by atoms with van der Waals surface area (Å²) in [4.78, 5) is 41.2. The van der Waals surface area contributed by atoms with Crippen molar-refractivity contribution >= 4 is 33.7 Å². The highest BCUT2D eigenvalue weighted by Gasteiger charge is 2.70. The Hall–Kier alpha value is -2.79. The van der Waals surface area contributed by atoms with Gasteiger partial charge in [-0.15, -0.1) is 0 Å². The van der Waals surface area contributed by atoms with Crippen LogP contribution in [0.25, 0.3) is 6.08 Å². The fourth-order valence-electron chi connectivity index (χ4n) is 3.70. The van der Waals surface area contributed by atoms with Gasteiger partial charge < -0.3 is 21.1 Å². The predicted octanol–water partition coefficient (Wildman–Crippen LogP) is -0.238. The number of aromatic nitrogens is 1. The predicted molar refractivity (Wildman–Crippen MR) is 108 cm³/mol. The summed E-state index contributed by atoms with van der Waals surface area (Å²) >= 11 is 0. The summed E-state index contributed by atoms with van der Waals surface area (Å²) in [6.45, 7) is 3.66. The Morgan fingerprint density at radius 3 is 2.60 bits per heavy atom. The quantitative estimate of drug-likeness (QED) is 0.300. The fraction of sp³-hybridized carbons (Fsp3) is 0.474. The number of fused-ring (bicyclic) bond motifs is 1. The minimum absolute atomic E-state index is 0.0293. The van der Waals surface area contributed by atoms with E-state index in [0.717, 1.165) is 17.7 Å². The van der Waals surface area contributed by atoms with Crippen LogP contribution in [0.2, 0.25) is 0 Å². The van der Waals surface area contributed by atoms with Crippen LogP contribution in [0.3, 0.4) is 0 Å². The van der Waals surface area contributed by atoms with Gasteiger partial charge in [0.05, 0.1) is 16.8 Å². The number of nitrogens with one attached hydrogen (secondary N) is 1. The van der Waals surface area contributed by atoms with E-state index < -0.39 is 37.9 Å². The first-order valence-electron chi connectivity index (χ1n) is 9.49. The molecule has 2 aliphatic rings. The number of carboxylic acids is 1. The molecule has 2 fully saturated rings. The molecular weight excluding hydrogens is 412 g/mol. The van der Waals surface area contributed by atoms with Gasteiger partial charge in [-0.1, -0.05) is 0 Å². The molecule has 0 bridgehead atoms. The van der Waals surface area contributed by atoms with Crippen molar-refractivity contribution in [2.24, 2.45) is 5.73 Å². The lowest BCUT2D eigenvalue weighted by Gasteiger charge is -2.37. The zero-order valence-corrected chi connectivity index (χ0v) is 17.5. The van der Waals surface area contributed by atoms with Gasteiger partial charge >= 0.3 is 5.97 Å². The van der Waals surface area contributed by atoms with Gasteiger partial charge in [0.15, 0.2) is 21.3 Å². The second-order valence-corrected chi connectivity index (χ2v) is 10.4. The van der Waals surface area contributed by atoms with Gasteiger partial charge in [0.1, 0.15) is 4.75 Å². The molecule has 0 radical (unpaired) electrons. The number of carboxylic acid groups (broad SMARTS) is 1. The van der Waals surface area contributed by atoms with Crippen molar-refractivity contribution in [1.82, 2.24) is 15.2 Å². The summed E-state index contributed by atoms with van der Waals surface area (Å²) in [7, 11) is -3.94. The average molecular weight is 436 g/mol. The van der Waals surface area contributed by atoms with Crippen LogP contribution in [-0.4, -0.2) is 70.4 Å². The Morgan fingerprint density at radius 2 is 2.03 bits per heavy atom. The van der Waals surface area contributed by atoms with Crippen molar-refractivity contribution in [2.75, 3.05) is 13.1 Å². The Bertz CT molecular complexity index is 1020. The third-order valence-electron chi connectivity index (χ3n) is 5.47. The van der Waals surface area contributed by atoms with Crippen molar-refractivity contribution in [3.63, 3.8) is 0 Å². The molecule has 2 aliphatic heterocycles. The third-order valence-corrected chi connectivity index (χ3v) is 8.23. The number of aliphatic carboxylic acids is 1. The molecule has 3 heterocycles. The minimum Gasteiger partial charge on any atom is -0.480 e. The van der Waals surface area contributed by atoms with Gasteiger partial charge in [-0.2, -0.15) is 0 Å². The number of pyridine rings is 1. The lowest BCUT2D eigenvalue weighted by Crippen LogP contribution is -2.58. The lowest BCUT2D eigenvalue weighted by atomic mass is 9.95. The van der Waals surface area contributed by atoms with E-state index >= 15 is 0 Å². The van der Waals surface area contributed by atoms with Crippen molar-refractivity contribution in [2.45, 2.75) is 42.9 Å². The van der Waals surface area contributed by atoms with E-state index in [-0.39, 0.29) is 11.5 Å². The van der Waals surface area contributed by atoms with E-state index in [1.165, 1.54) is 38.3 Å². The van der Waals surface area contributed by atoms with Crippen LogP contribution >= 0.6 is 0 Å². The number of carbonyl (C=O) groups excluding carboxylic acids is 2. The maximum Gasteiger partial charge on any atom is 0.328 e. The summed E-state index contributed by atoms with van der Waals surface area (Å²) in [5.41, 5.74) is 6.00. The molecule has 11 heteroatoms. The van der Waals surface area contributed by atoms with Gasteiger partial charge in [-0.05, 0) is 51.4 Å². The van der Waals surface area contributed by atoms with Crippen LogP contribution in [0, 0.1) is 0 Å². The van der Waals surface area contributed by atoms with Gasteiger partial charge in [-0.3, -0.25) is 14.6 Å². The molecule has 1 aromatic rings. The second-order valence-electron chi connectivity index (χ2n) is 7.78. The van der Waals surface area contributed by atoms with Crippen molar-refractivity contribution in [3.05, 3.63) is 35.2 Å². The zero-order valence-electron chi connectivity index (χ0n) is 16.7. The maximum atomic E-state index is 12.8. The minimum atomic E-state index is -3.94. The summed E-state index contributed by atoms with van der Waals surface area (Å²) in [5.74, 6) is -2.31. The van der Waals surface area contributed by atoms with Crippen molar-refractivity contribution in [3.8, 4) is 0 Å². The molecule has 3 rings (SSSR count). The number of nitrogens with two attached hydrogens (primary N) is 1. The van der Waals surface area contributed by atoms with Crippen molar-refractivity contribution in [1.29, 1.82) is 0 Å². The molecule has 0 saturated carbocycles. The highest BCUT2D eigenvalue weighted by molar-refractivity contribution is 7.94. The number of nitrogens with zero attached hydrogens (tertiary/aromatic N) is 2. The normalized spacial score (nSPS) is 25.0. The maximum absolute atomic E-state index is 12.8. The summed E-state index contributed by atoms with van der Waals surface area (Å²) < 4.78 is 24.1. The van der Waals surface area contributed by atoms with Crippen LogP contribution in [0.5, 0.6) is 0 Å². The van der Waals surface area contributed by atoms with Gasteiger partial charge in [0, 0.05) is 12.7 Å². The lowest BCUT2D eigenvalue weighted by molar-refractivity contribution is -0.152. The van der Waals surface area contributed by atoms with Gasteiger partial charge in [0.2, 0.25) is 0 Å². The van der Waals surface area contributed by atoms with Gasteiger partial charge in [-0.25, -0.2) is 13.2 Å². The van der Waals surface area contributed by atoms with Crippen molar-refractivity contribution < 1.29 is 27.9 Å². The molecule has 10 nitrogen and oxygen atoms in total. The number of sulfone groups is 1. The summed E-state index contributed by atoms with van der Waals surface area (Å²) in [5, 5.41) is 10.9. The van der Waals surface area contributed by atoms with Crippen LogP contribution in [0.4, 0.5) is 0 Å². The first-order valence-corrected chi connectivity index (χ1v) is 11.0. The molecule has 2 saturated heterocycles. The SMILES string of the molecule is CC1(C)[C@H](C(=O)O)N2C(=O)/C(=C/c3ccc(C(=O)NCCCCN)cn3)[C@@H]2S1(=O)=O. The number of unbranched alkanes of at least 4 members (excludes halogenated alkanes) is 1. The van der Waals surface area contributed by atoms with Crippen LogP contribution in [0.15, 0.2) is 23.9 Å². The molecule has 0 aliphatic carbocycles. The highest BCUT2D eigenvalue weighted by atomic mass is 32.2. The zero-order chi connectivity index (χ0) is 22.3. The molecule has 162 valence electrons. The summed E-state index contributed by atoms with van der Waals surface area (Å²) in [6, 6.07) is 1.57. The Morgan fingerprint density at radius 1 is 1.33 bits per heavy atom. The molecule has 2 amide bonds. The Kier molecular flexibility index (Phi) is 5.70. The molecule has 4 N–H and O–H groups in total. The average Bonchev–Trinajstić information content (AvgIpc) is 2.83. The number of carbonyl (C=O) groups is 3. The van der Waals surface area contributed by atoms with Crippen LogP contribution in [-0.2, 0) is 19.4 Å². The molecular formula is C19H24N4O6S. The standard InChI is InChI=1S/C19H24N4O6S/c1-19(2)14(18(26)27)23-16(25)13(17(23)30(19,28)29)9-12-6-5-11(10-22-12)15(24)21-8-4-3-7-20/h5-6,9-10,14,17H,3-4,7-8,20H2,1-2H3,(H,21,24)(H,26,27)/b13-9-/t14-,17-/m0/s1. The first-order chi connectivity index (χ1) is 14.0. The molecule has 0 aromatic carbocycles. The number of rotatable bonds is 7. The van der Waals surface area contributed by atoms with Crippen LogP contribution in [0.1, 0.15) is 42.7 Å². The molecule has 2 atom stereocenters. The monoisotopic (exact) mass is 436 g/mol. The number of β-lactam (4-membered cyclic amide) rings is 1. The topological polar surface area (TPSA) is 160 Å². The van der Waals surface area contributed by atoms with E-state index in [0.29, 0.717) is 24.3 Å². The van der Waals surface area contributed by atoms with Crippen LogP contribution < -0.4 is 11.1 Å². The van der Waals surface area contributed by atoms with E-state index in [1.54, 1.807) is 0 Å². The number of amides is 2. The number of hydrogen-bond donors (Lipinski definition) is 3. The number of hydrogen-bond acceptors (Lipinski definition) is 7. The molecule has 0 unspecified atom stereocenters. The molecule has 30 heavy (non-hydrogen) atoms. The Balaban J connectivity index is 1.79. The fourth-order valence-corrected chi connectivity index (χ4v) is 5.82. The summed E-state index contributed by atoms with van der Waals surface area (Å²) in [6.07, 6.45) is 4.23. The largest absolute Gasteiger partial charge is 0.480 e. The van der Waals surface area contributed by atoms with Gasteiger partial charge in [0.25, 0.3) is 11.8 Å². The van der Waals surface area contributed by atoms with E-state index in [4.69, 9.17) is 5.73 Å². The Labute approximate surface area is 174 Å². The first kappa shape index (κ1) is 21.9. The molecule has 1 aromatic heterocycles. The second kappa shape index (κ2) is 7.80. The van der Waals surface area contributed by atoms with E-state index in [2.05, 4.69) is 10.3 Å². The van der Waals surface area contributed by atoms with E-state index in [1.807, 2.05) is 0 Å². The smallest absolute Gasteiger partial charge is 0.328 e. The third kappa shape index (κ3) is 3.37. The molecule has 0 spiro atoms.